The minimum absolute atomic E-state index is 0.0163. The summed E-state index contributed by atoms with van der Waals surface area (Å²) < 4.78 is 0. The van der Waals surface area contributed by atoms with Gasteiger partial charge in [0.2, 0.25) is 0 Å². The van der Waals surface area contributed by atoms with E-state index in [0.29, 0.717) is 0 Å². The van der Waals surface area contributed by atoms with Gasteiger partial charge in [0, 0.05) is 22.9 Å². The van der Waals surface area contributed by atoms with Crippen LogP contribution in [0.1, 0.15) is 38.1 Å². The maximum atomic E-state index is 11.8. The molecule has 16 heavy (non-hydrogen) atoms. The van der Waals surface area contributed by atoms with Crippen molar-refractivity contribution in [3.05, 3.63) is 47.7 Å². The van der Waals surface area contributed by atoms with Crippen LogP contribution in [0.4, 0.5) is 0 Å². The van der Waals surface area contributed by atoms with Crippen LogP contribution in [0.2, 0.25) is 0 Å². The fourth-order valence-electron chi connectivity index (χ4n) is 1.51. The fourth-order valence-corrected chi connectivity index (χ4v) is 1.51. The lowest BCUT2D eigenvalue weighted by atomic mass is 10.1. The van der Waals surface area contributed by atoms with Gasteiger partial charge in [-0.3, -0.25) is 4.79 Å². The highest BCUT2D eigenvalue weighted by Crippen LogP contribution is 2.06. The third-order valence-corrected chi connectivity index (χ3v) is 1.98. The molecule has 0 aromatic heterocycles. The number of hydrogen-bond donors (Lipinski definition) is 1. The Kier molecular flexibility index (Phi) is 3.88. The number of hydrogen-bond acceptors (Lipinski definition) is 2. The van der Waals surface area contributed by atoms with Gasteiger partial charge in [-0.15, -0.1) is 0 Å². The molecule has 0 fully saturated rings. The molecule has 0 aliphatic heterocycles. The molecule has 86 valence electrons. The van der Waals surface area contributed by atoms with Crippen LogP contribution in [0.15, 0.2) is 42.1 Å². The molecule has 0 radical (unpaired) electrons. The van der Waals surface area contributed by atoms with Gasteiger partial charge in [-0.25, -0.2) is 0 Å². The van der Waals surface area contributed by atoms with E-state index in [0.717, 1.165) is 11.3 Å². The molecule has 2 nitrogen and oxygen atoms in total. The van der Waals surface area contributed by atoms with Gasteiger partial charge >= 0.3 is 0 Å². The van der Waals surface area contributed by atoms with E-state index in [2.05, 4.69) is 26.1 Å². The monoisotopic (exact) mass is 217 g/mol. The van der Waals surface area contributed by atoms with Crippen molar-refractivity contribution < 1.29 is 4.79 Å². The molecular formula is C14H19NO. The Hall–Kier alpha value is -1.57. The third-order valence-electron chi connectivity index (χ3n) is 1.98. The van der Waals surface area contributed by atoms with Crippen LogP contribution in [-0.2, 0) is 0 Å². The molecule has 2 heteroatoms. The van der Waals surface area contributed by atoms with Crippen LogP contribution in [-0.4, -0.2) is 11.3 Å². The first-order chi connectivity index (χ1) is 7.38. The van der Waals surface area contributed by atoms with Crippen molar-refractivity contribution in [1.82, 2.24) is 5.32 Å². The van der Waals surface area contributed by atoms with Crippen LogP contribution in [0.3, 0.4) is 0 Å². The van der Waals surface area contributed by atoms with Gasteiger partial charge in [0.15, 0.2) is 5.78 Å². The van der Waals surface area contributed by atoms with E-state index in [4.69, 9.17) is 0 Å². The second-order valence-corrected chi connectivity index (χ2v) is 4.93. The zero-order valence-corrected chi connectivity index (χ0v) is 10.4. The summed E-state index contributed by atoms with van der Waals surface area (Å²) >= 11 is 0. The Balaban J connectivity index is 2.74. The van der Waals surface area contributed by atoms with E-state index in [9.17, 15) is 4.79 Å². The van der Waals surface area contributed by atoms with Gasteiger partial charge in [-0.05, 0) is 27.7 Å². The SMILES string of the molecule is C/C(=C\C(=O)c1ccccc1)NC(C)(C)C. The fraction of sp³-hybridized carbons (Fsp3) is 0.357. The average molecular weight is 217 g/mol. The third kappa shape index (κ3) is 4.30. The van der Waals surface area contributed by atoms with Crippen molar-refractivity contribution in [2.75, 3.05) is 0 Å². The predicted molar refractivity (Wildman–Crippen MR) is 67.4 cm³/mol. The van der Waals surface area contributed by atoms with Crippen LogP contribution in [0.25, 0.3) is 0 Å². The summed E-state index contributed by atoms with van der Waals surface area (Å²) in [5.41, 5.74) is 1.59. The highest BCUT2D eigenvalue weighted by molar-refractivity contribution is 6.04. The number of rotatable bonds is 3. The zero-order chi connectivity index (χ0) is 12.2. The molecule has 0 saturated heterocycles. The lowest BCUT2D eigenvalue weighted by Crippen LogP contribution is -2.34. The van der Waals surface area contributed by atoms with Gasteiger partial charge < -0.3 is 5.32 Å². The van der Waals surface area contributed by atoms with Crippen molar-refractivity contribution in [3.63, 3.8) is 0 Å². The van der Waals surface area contributed by atoms with Crippen LogP contribution in [0.5, 0.6) is 0 Å². The summed E-state index contributed by atoms with van der Waals surface area (Å²) in [5.74, 6) is 0.0369. The highest BCUT2D eigenvalue weighted by Gasteiger charge is 2.09. The Morgan fingerprint density at radius 2 is 1.75 bits per heavy atom. The molecule has 0 bridgehead atoms. The Bertz CT molecular complexity index is 385. The molecule has 0 spiro atoms. The Labute approximate surface area is 97.4 Å². The molecule has 1 rings (SSSR count). The van der Waals surface area contributed by atoms with Crippen molar-refractivity contribution in [1.29, 1.82) is 0 Å². The summed E-state index contributed by atoms with van der Waals surface area (Å²) in [7, 11) is 0. The first-order valence-corrected chi connectivity index (χ1v) is 5.44. The molecule has 0 unspecified atom stereocenters. The maximum Gasteiger partial charge on any atom is 0.187 e. The molecule has 0 heterocycles. The summed E-state index contributed by atoms with van der Waals surface area (Å²) in [4.78, 5) is 11.8. The normalized spacial score (nSPS) is 12.4. The Morgan fingerprint density at radius 1 is 1.19 bits per heavy atom. The van der Waals surface area contributed by atoms with Gasteiger partial charge in [-0.2, -0.15) is 0 Å². The standard InChI is InChI=1S/C14H19NO/c1-11(15-14(2,3)4)10-13(16)12-8-6-5-7-9-12/h5-10,15H,1-4H3/b11-10+. The molecule has 1 aromatic carbocycles. The maximum absolute atomic E-state index is 11.8. The van der Waals surface area contributed by atoms with E-state index in [1.807, 2.05) is 37.3 Å². The molecule has 0 aliphatic carbocycles. The lowest BCUT2D eigenvalue weighted by Gasteiger charge is -2.22. The molecule has 0 atom stereocenters. The Morgan fingerprint density at radius 3 is 2.25 bits per heavy atom. The first kappa shape index (κ1) is 12.5. The first-order valence-electron chi connectivity index (χ1n) is 5.44. The smallest absolute Gasteiger partial charge is 0.187 e. The summed E-state index contributed by atoms with van der Waals surface area (Å²) in [6.07, 6.45) is 1.64. The average Bonchev–Trinajstić information content (AvgIpc) is 2.16. The second-order valence-electron chi connectivity index (χ2n) is 4.93. The van der Waals surface area contributed by atoms with Gasteiger partial charge in [0.1, 0.15) is 0 Å². The molecular weight excluding hydrogens is 198 g/mol. The van der Waals surface area contributed by atoms with Crippen molar-refractivity contribution in [3.8, 4) is 0 Å². The highest BCUT2D eigenvalue weighted by atomic mass is 16.1. The number of benzene rings is 1. The number of ketones is 1. The molecule has 0 saturated carbocycles. The van der Waals surface area contributed by atoms with Crippen LogP contribution < -0.4 is 5.32 Å². The molecule has 1 aromatic rings. The second kappa shape index (κ2) is 4.97. The number of carbonyl (C=O) groups is 1. The minimum atomic E-state index is -0.0163. The van der Waals surface area contributed by atoms with Crippen molar-refractivity contribution in [2.24, 2.45) is 0 Å². The summed E-state index contributed by atoms with van der Waals surface area (Å²) in [5, 5.41) is 3.26. The summed E-state index contributed by atoms with van der Waals surface area (Å²) in [6.45, 7) is 8.11. The van der Waals surface area contributed by atoms with Crippen LogP contribution in [0, 0.1) is 0 Å². The van der Waals surface area contributed by atoms with Gasteiger partial charge in [0.05, 0.1) is 0 Å². The predicted octanol–water partition coefficient (Wildman–Crippen LogP) is 3.16. The number of allylic oxidation sites excluding steroid dienone is 2. The zero-order valence-electron chi connectivity index (χ0n) is 10.4. The minimum Gasteiger partial charge on any atom is -0.384 e. The lowest BCUT2D eigenvalue weighted by molar-refractivity contribution is 0.104. The molecule has 0 amide bonds. The van der Waals surface area contributed by atoms with Crippen molar-refractivity contribution >= 4 is 5.78 Å². The van der Waals surface area contributed by atoms with E-state index in [-0.39, 0.29) is 11.3 Å². The topological polar surface area (TPSA) is 29.1 Å². The quantitative estimate of drug-likeness (QED) is 0.622. The van der Waals surface area contributed by atoms with E-state index >= 15 is 0 Å². The molecule has 1 N–H and O–H groups in total. The van der Waals surface area contributed by atoms with Gasteiger partial charge in [0.25, 0.3) is 0 Å². The van der Waals surface area contributed by atoms with Crippen LogP contribution >= 0.6 is 0 Å². The summed E-state index contributed by atoms with van der Waals surface area (Å²) in [6, 6.07) is 9.29. The van der Waals surface area contributed by atoms with E-state index in [1.54, 1.807) is 6.08 Å². The van der Waals surface area contributed by atoms with Crippen molar-refractivity contribution in [2.45, 2.75) is 33.2 Å². The van der Waals surface area contributed by atoms with Gasteiger partial charge in [-0.1, -0.05) is 30.3 Å². The van der Waals surface area contributed by atoms with E-state index < -0.39 is 0 Å². The number of nitrogens with one attached hydrogen (secondary N) is 1. The largest absolute Gasteiger partial charge is 0.384 e. The molecule has 0 aliphatic rings. The number of carbonyl (C=O) groups excluding carboxylic acids is 1. The van der Waals surface area contributed by atoms with E-state index in [1.165, 1.54) is 0 Å².